The lowest BCUT2D eigenvalue weighted by Gasteiger charge is -1.92. The predicted molar refractivity (Wildman–Crippen MR) is 63.9 cm³/mol. The van der Waals surface area contributed by atoms with Crippen LogP contribution >= 0.6 is 0 Å². The second-order valence-corrected chi connectivity index (χ2v) is 3.63. The smallest absolute Gasteiger partial charge is 0.0432 e. The van der Waals surface area contributed by atoms with E-state index in [4.69, 9.17) is 0 Å². The molecule has 2 aromatic heterocycles. The molecule has 0 unspecified atom stereocenters. The minimum Gasteiger partial charge on any atom is -0.260 e. The molecule has 0 saturated heterocycles. The summed E-state index contributed by atoms with van der Waals surface area (Å²) in [6, 6.07) is 7.85. The standard InChI is InChI=1S/C14H12N2/c1-11-3-5-13(9-15-11)7-8-14-6-4-12(2)16-10-14/h3-6,9-10H,1-2H3. The van der Waals surface area contributed by atoms with Gasteiger partial charge in [0, 0.05) is 34.9 Å². The Morgan fingerprint density at radius 3 is 1.50 bits per heavy atom. The Kier molecular flexibility index (Phi) is 2.98. The van der Waals surface area contributed by atoms with Gasteiger partial charge in [0.2, 0.25) is 0 Å². The van der Waals surface area contributed by atoms with Crippen molar-refractivity contribution >= 4 is 0 Å². The lowest BCUT2D eigenvalue weighted by molar-refractivity contribution is 1.19. The van der Waals surface area contributed by atoms with Crippen LogP contribution in [0.4, 0.5) is 0 Å². The van der Waals surface area contributed by atoms with Crippen molar-refractivity contribution in [2.24, 2.45) is 0 Å². The van der Waals surface area contributed by atoms with E-state index in [1.54, 1.807) is 12.4 Å². The van der Waals surface area contributed by atoms with E-state index in [0.717, 1.165) is 22.5 Å². The highest BCUT2D eigenvalue weighted by atomic mass is 14.7. The van der Waals surface area contributed by atoms with Gasteiger partial charge in [-0.3, -0.25) is 9.97 Å². The molecule has 0 amide bonds. The molecular formula is C14H12N2. The number of nitrogens with zero attached hydrogens (tertiary/aromatic N) is 2. The van der Waals surface area contributed by atoms with Gasteiger partial charge in [0.1, 0.15) is 0 Å². The zero-order valence-electron chi connectivity index (χ0n) is 9.36. The lowest BCUT2D eigenvalue weighted by atomic mass is 10.2. The minimum absolute atomic E-state index is 0.922. The zero-order chi connectivity index (χ0) is 11.4. The van der Waals surface area contributed by atoms with Crippen LogP contribution in [-0.4, -0.2) is 9.97 Å². The van der Waals surface area contributed by atoms with Crippen LogP contribution in [0.1, 0.15) is 22.5 Å². The molecule has 0 bridgehead atoms. The van der Waals surface area contributed by atoms with Crippen LogP contribution in [0.25, 0.3) is 0 Å². The summed E-state index contributed by atoms with van der Waals surface area (Å²) in [5, 5.41) is 0. The maximum absolute atomic E-state index is 4.19. The van der Waals surface area contributed by atoms with Gasteiger partial charge in [-0.2, -0.15) is 0 Å². The summed E-state index contributed by atoms with van der Waals surface area (Å²) >= 11 is 0. The summed E-state index contributed by atoms with van der Waals surface area (Å²) in [5.41, 5.74) is 3.85. The molecule has 2 heterocycles. The third kappa shape index (κ3) is 2.68. The Balaban J connectivity index is 2.21. The molecule has 0 aliphatic carbocycles. The Hall–Kier alpha value is -2.14. The molecule has 0 fully saturated rings. The second kappa shape index (κ2) is 4.59. The van der Waals surface area contributed by atoms with Crippen molar-refractivity contribution in [2.75, 3.05) is 0 Å². The molecule has 2 aromatic rings. The first-order chi connectivity index (χ1) is 7.74. The number of hydrogen-bond donors (Lipinski definition) is 0. The summed E-state index contributed by atoms with van der Waals surface area (Å²) in [6.07, 6.45) is 3.56. The van der Waals surface area contributed by atoms with Crippen molar-refractivity contribution in [3.8, 4) is 11.8 Å². The SMILES string of the molecule is Cc1ccc(C#Cc2ccc(C)nc2)cn1. The van der Waals surface area contributed by atoms with E-state index in [1.807, 2.05) is 38.1 Å². The second-order valence-electron chi connectivity index (χ2n) is 3.63. The van der Waals surface area contributed by atoms with Crippen LogP contribution in [-0.2, 0) is 0 Å². The van der Waals surface area contributed by atoms with Crippen molar-refractivity contribution in [1.29, 1.82) is 0 Å². The molecule has 2 nitrogen and oxygen atoms in total. The van der Waals surface area contributed by atoms with Gasteiger partial charge in [0.05, 0.1) is 0 Å². The summed E-state index contributed by atoms with van der Waals surface area (Å²) in [7, 11) is 0. The highest BCUT2D eigenvalue weighted by Gasteiger charge is 1.89. The van der Waals surface area contributed by atoms with E-state index in [0.29, 0.717) is 0 Å². The molecule has 0 atom stereocenters. The predicted octanol–water partition coefficient (Wildman–Crippen LogP) is 2.49. The van der Waals surface area contributed by atoms with Crippen LogP contribution in [0.5, 0.6) is 0 Å². The highest BCUT2D eigenvalue weighted by molar-refractivity contribution is 5.41. The van der Waals surface area contributed by atoms with Crippen molar-refractivity contribution in [3.63, 3.8) is 0 Å². The van der Waals surface area contributed by atoms with Gasteiger partial charge in [0.25, 0.3) is 0 Å². The zero-order valence-corrected chi connectivity index (χ0v) is 9.36. The van der Waals surface area contributed by atoms with Crippen molar-refractivity contribution < 1.29 is 0 Å². The summed E-state index contributed by atoms with van der Waals surface area (Å²) in [5.74, 6) is 6.11. The molecule has 2 rings (SSSR count). The first kappa shape index (κ1) is 10.4. The largest absolute Gasteiger partial charge is 0.260 e. The van der Waals surface area contributed by atoms with Gasteiger partial charge < -0.3 is 0 Å². The topological polar surface area (TPSA) is 25.8 Å². The maximum Gasteiger partial charge on any atom is 0.0432 e. The summed E-state index contributed by atoms with van der Waals surface area (Å²) < 4.78 is 0. The van der Waals surface area contributed by atoms with Gasteiger partial charge in [-0.05, 0) is 38.1 Å². The van der Waals surface area contributed by atoms with E-state index in [-0.39, 0.29) is 0 Å². The number of rotatable bonds is 0. The number of aryl methyl sites for hydroxylation is 2. The Morgan fingerprint density at radius 1 is 0.750 bits per heavy atom. The molecule has 0 saturated carbocycles. The summed E-state index contributed by atoms with van der Waals surface area (Å²) in [6.45, 7) is 3.92. The van der Waals surface area contributed by atoms with E-state index in [9.17, 15) is 0 Å². The number of pyridine rings is 2. The van der Waals surface area contributed by atoms with E-state index in [2.05, 4.69) is 21.8 Å². The summed E-state index contributed by atoms with van der Waals surface area (Å²) in [4.78, 5) is 8.37. The van der Waals surface area contributed by atoms with E-state index < -0.39 is 0 Å². The molecule has 0 aliphatic rings. The van der Waals surface area contributed by atoms with Gasteiger partial charge >= 0.3 is 0 Å². The molecular weight excluding hydrogens is 196 g/mol. The Bertz CT molecular complexity index is 478. The van der Waals surface area contributed by atoms with Crippen LogP contribution in [0, 0.1) is 25.7 Å². The van der Waals surface area contributed by atoms with Gasteiger partial charge in [0.15, 0.2) is 0 Å². The quantitative estimate of drug-likeness (QED) is 0.622. The lowest BCUT2D eigenvalue weighted by Crippen LogP contribution is -1.83. The average molecular weight is 208 g/mol. The van der Waals surface area contributed by atoms with Gasteiger partial charge in [-0.25, -0.2) is 0 Å². The van der Waals surface area contributed by atoms with Crippen molar-refractivity contribution in [2.45, 2.75) is 13.8 Å². The fraction of sp³-hybridized carbons (Fsp3) is 0.143. The van der Waals surface area contributed by atoms with E-state index >= 15 is 0 Å². The van der Waals surface area contributed by atoms with Crippen molar-refractivity contribution in [3.05, 3.63) is 59.2 Å². The van der Waals surface area contributed by atoms with Gasteiger partial charge in [-0.15, -0.1) is 0 Å². The number of hydrogen-bond acceptors (Lipinski definition) is 2. The first-order valence-electron chi connectivity index (χ1n) is 5.11. The fourth-order valence-electron chi connectivity index (χ4n) is 1.23. The Morgan fingerprint density at radius 2 is 1.19 bits per heavy atom. The van der Waals surface area contributed by atoms with Crippen molar-refractivity contribution in [1.82, 2.24) is 9.97 Å². The molecule has 0 aliphatic heterocycles. The van der Waals surface area contributed by atoms with Crippen LogP contribution in [0.2, 0.25) is 0 Å². The molecule has 0 aromatic carbocycles. The molecule has 0 radical (unpaired) electrons. The molecule has 0 spiro atoms. The van der Waals surface area contributed by atoms with Gasteiger partial charge in [-0.1, -0.05) is 11.8 Å². The third-order valence-electron chi connectivity index (χ3n) is 2.17. The third-order valence-corrected chi connectivity index (χ3v) is 2.17. The Labute approximate surface area is 95.4 Å². The minimum atomic E-state index is 0.922. The monoisotopic (exact) mass is 208 g/mol. The molecule has 2 heteroatoms. The normalized spacial score (nSPS) is 9.38. The van der Waals surface area contributed by atoms with Crippen LogP contribution < -0.4 is 0 Å². The van der Waals surface area contributed by atoms with E-state index in [1.165, 1.54) is 0 Å². The van der Waals surface area contributed by atoms with Crippen LogP contribution in [0.3, 0.4) is 0 Å². The fourth-order valence-corrected chi connectivity index (χ4v) is 1.23. The highest BCUT2D eigenvalue weighted by Crippen LogP contribution is 2.00. The molecule has 0 N–H and O–H groups in total. The number of aromatic nitrogens is 2. The maximum atomic E-state index is 4.19. The molecule has 78 valence electrons. The molecule has 16 heavy (non-hydrogen) atoms. The van der Waals surface area contributed by atoms with Crippen LogP contribution in [0.15, 0.2) is 36.7 Å². The average Bonchev–Trinajstić information content (AvgIpc) is 2.30. The first-order valence-corrected chi connectivity index (χ1v) is 5.11.